The molecule has 0 amide bonds. The van der Waals surface area contributed by atoms with Gasteiger partial charge in [0.2, 0.25) is 0 Å². The van der Waals surface area contributed by atoms with Crippen LogP contribution < -0.4 is 0 Å². The van der Waals surface area contributed by atoms with Crippen molar-refractivity contribution in [2.24, 2.45) is 5.41 Å². The van der Waals surface area contributed by atoms with E-state index in [4.69, 9.17) is 0 Å². The van der Waals surface area contributed by atoms with Crippen molar-refractivity contribution in [1.29, 1.82) is 0 Å². The van der Waals surface area contributed by atoms with E-state index in [0.29, 0.717) is 19.3 Å². The van der Waals surface area contributed by atoms with Crippen molar-refractivity contribution in [2.75, 3.05) is 0 Å². The minimum Gasteiger partial charge on any atom is -0.480 e. The highest BCUT2D eigenvalue weighted by Gasteiger charge is 2.45. The minimum atomic E-state index is -1.04. The van der Waals surface area contributed by atoms with Crippen molar-refractivity contribution < 1.29 is 14.7 Å². The monoisotopic (exact) mass is 254 g/mol. The van der Waals surface area contributed by atoms with Crippen LogP contribution in [0.25, 0.3) is 0 Å². The summed E-state index contributed by atoms with van der Waals surface area (Å²) in [5, 5.41) is 9.38. The van der Waals surface area contributed by atoms with E-state index in [1.54, 1.807) is 0 Å². The lowest BCUT2D eigenvalue weighted by molar-refractivity contribution is -0.157. The summed E-state index contributed by atoms with van der Waals surface area (Å²) in [7, 11) is 0. The maximum absolute atomic E-state index is 11.9. The molecular formula is C15H26O3. The number of carboxylic acids is 1. The van der Waals surface area contributed by atoms with E-state index in [0.717, 1.165) is 32.1 Å². The van der Waals surface area contributed by atoms with Gasteiger partial charge < -0.3 is 5.11 Å². The third kappa shape index (κ3) is 3.82. The number of hydrogen-bond donors (Lipinski definition) is 1. The fraction of sp³-hybridized carbons (Fsp3) is 0.867. The number of ketones is 1. The van der Waals surface area contributed by atoms with Crippen LogP contribution in [-0.4, -0.2) is 16.9 Å². The lowest BCUT2D eigenvalue weighted by Gasteiger charge is -2.31. The van der Waals surface area contributed by atoms with Gasteiger partial charge >= 0.3 is 5.97 Å². The molecule has 1 aliphatic rings. The quantitative estimate of drug-likeness (QED) is 0.527. The summed E-state index contributed by atoms with van der Waals surface area (Å²) in [6, 6.07) is 0. The van der Waals surface area contributed by atoms with Gasteiger partial charge in [-0.25, -0.2) is 0 Å². The van der Waals surface area contributed by atoms with Gasteiger partial charge in [-0.15, -0.1) is 0 Å². The molecule has 1 N–H and O–H groups in total. The molecule has 0 aromatic heterocycles. The maximum Gasteiger partial charge on any atom is 0.317 e. The molecular weight excluding hydrogens is 228 g/mol. The molecule has 1 aliphatic carbocycles. The van der Waals surface area contributed by atoms with E-state index in [1.165, 1.54) is 19.3 Å². The predicted molar refractivity (Wildman–Crippen MR) is 71.5 cm³/mol. The van der Waals surface area contributed by atoms with Gasteiger partial charge in [0.15, 0.2) is 0 Å². The summed E-state index contributed by atoms with van der Waals surface area (Å²) in [4.78, 5) is 23.4. The molecule has 1 unspecified atom stereocenters. The third-order valence-electron chi connectivity index (χ3n) is 4.16. The number of carbonyl (C=O) groups is 2. The Balaban J connectivity index is 2.39. The van der Waals surface area contributed by atoms with Gasteiger partial charge in [-0.1, -0.05) is 51.9 Å². The molecule has 0 spiro atoms. The Labute approximate surface area is 110 Å². The van der Waals surface area contributed by atoms with Crippen molar-refractivity contribution in [1.82, 2.24) is 0 Å². The van der Waals surface area contributed by atoms with Crippen LogP contribution in [0, 0.1) is 5.41 Å². The largest absolute Gasteiger partial charge is 0.480 e. The lowest BCUT2D eigenvalue weighted by atomic mass is 9.70. The average molecular weight is 254 g/mol. The van der Waals surface area contributed by atoms with Crippen LogP contribution in [0.2, 0.25) is 0 Å². The molecule has 1 saturated carbocycles. The van der Waals surface area contributed by atoms with Crippen LogP contribution in [0.3, 0.4) is 0 Å². The first-order chi connectivity index (χ1) is 8.63. The lowest BCUT2D eigenvalue weighted by Crippen LogP contribution is -2.41. The van der Waals surface area contributed by atoms with Crippen molar-refractivity contribution in [3.05, 3.63) is 0 Å². The van der Waals surface area contributed by atoms with E-state index in [9.17, 15) is 14.7 Å². The first kappa shape index (κ1) is 15.2. The Morgan fingerprint density at radius 1 is 1.17 bits per heavy atom. The molecule has 1 rings (SSSR count). The smallest absolute Gasteiger partial charge is 0.317 e. The molecule has 3 heteroatoms. The molecule has 0 saturated heterocycles. The van der Waals surface area contributed by atoms with Crippen LogP contribution in [-0.2, 0) is 9.59 Å². The number of aliphatic carboxylic acids is 1. The SMILES string of the molecule is CCCCCCCCC1(C(=O)O)CCCCC1=O. The van der Waals surface area contributed by atoms with E-state index in [-0.39, 0.29) is 5.78 Å². The maximum atomic E-state index is 11.9. The standard InChI is InChI=1S/C15H26O3/c1-2-3-4-5-6-8-11-15(14(17)18)12-9-7-10-13(15)16/h2-12H2,1H3,(H,17,18). The van der Waals surface area contributed by atoms with Crippen LogP contribution in [0.4, 0.5) is 0 Å². The Morgan fingerprint density at radius 2 is 1.83 bits per heavy atom. The normalized spacial score (nSPS) is 24.2. The van der Waals surface area contributed by atoms with Crippen molar-refractivity contribution in [2.45, 2.75) is 77.6 Å². The first-order valence-corrected chi connectivity index (χ1v) is 7.40. The number of hydrogen-bond acceptors (Lipinski definition) is 2. The fourth-order valence-electron chi connectivity index (χ4n) is 2.90. The predicted octanol–water partition coefficient (Wildman–Crippen LogP) is 3.95. The number of unbranched alkanes of at least 4 members (excludes halogenated alkanes) is 5. The summed E-state index contributed by atoms with van der Waals surface area (Å²) < 4.78 is 0. The molecule has 0 aromatic carbocycles. The van der Waals surface area contributed by atoms with Gasteiger partial charge in [0.1, 0.15) is 11.2 Å². The average Bonchev–Trinajstić information content (AvgIpc) is 2.35. The minimum absolute atomic E-state index is 0.0326. The number of Topliss-reactive ketones (excluding diaryl/α,β-unsaturated/α-hetero) is 1. The molecule has 0 aliphatic heterocycles. The van der Waals surface area contributed by atoms with Gasteiger partial charge in [0.05, 0.1) is 0 Å². The molecule has 1 fully saturated rings. The van der Waals surface area contributed by atoms with Crippen LogP contribution in [0.1, 0.15) is 77.6 Å². The second-order valence-electron chi connectivity index (χ2n) is 5.54. The summed E-state index contributed by atoms with van der Waals surface area (Å²) >= 11 is 0. The number of carbonyl (C=O) groups excluding carboxylic acids is 1. The summed E-state index contributed by atoms with van der Waals surface area (Å²) in [6.07, 6.45) is 10.1. The molecule has 0 bridgehead atoms. The summed E-state index contributed by atoms with van der Waals surface area (Å²) in [5.41, 5.74) is -1.04. The zero-order valence-electron chi connectivity index (χ0n) is 11.5. The van der Waals surface area contributed by atoms with Gasteiger partial charge in [-0.2, -0.15) is 0 Å². The van der Waals surface area contributed by atoms with Gasteiger partial charge in [0.25, 0.3) is 0 Å². The van der Waals surface area contributed by atoms with Crippen molar-refractivity contribution in [3.63, 3.8) is 0 Å². The highest BCUT2D eigenvalue weighted by Crippen LogP contribution is 2.38. The first-order valence-electron chi connectivity index (χ1n) is 7.40. The molecule has 0 aromatic rings. The van der Waals surface area contributed by atoms with E-state index in [2.05, 4.69) is 6.92 Å². The zero-order chi connectivity index (χ0) is 13.4. The Morgan fingerprint density at radius 3 is 2.44 bits per heavy atom. The molecule has 104 valence electrons. The van der Waals surface area contributed by atoms with Gasteiger partial charge in [0, 0.05) is 6.42 Å². The van der Waals surface area contributed by atoms with Crippen LogP contribution in [0.5, 0.6) is 0 Å². The van der Waals surface area contributed by atoms with E-state index < -0.39 is 11.4 Å². The Hall–Kier alpha value is -0.860. The van der Waals surface area contributed by atoms with E-state index >= 15 is 0 Å². The summed E-state index contributed by atoms with van der Waals surface area (Å²) in [5.74, 6) is -0.921. The second-order valence-corrected chi connectivity index (χ2v) is 5.54. The highest BCUT2D eigenvalue weighted by atomic mass is 16.4. The highest BCUT2D eigenvalue weighted by molar-refractivity contribution is 6.03. The van der Waals surface area contributed by atoms with Gasteiger partial charge in [-0.05, 0) is 19.3 Å². The molecule has 1 atom stereocenters. The number of carboxylic acid groups (broad SMARTS) is 1. The fourth-order valence-corrected chi connectivity index (χ4v) is 2.90. The van der Waals surface area contributed by atoms with Gasteiger partial charge in [-0.3, -0.25) is 9.59 Å². The second kappa shape index (κ2) is 7.55. The van der Waals surface area contributed by atoms with Crippen molar-refractivity contribution in [3.8, 4) is 0 Å². The van der Waals surface area contributed by atoms with Crippen molar-refractivity contribution >= 4 is 11.8 Å². The number of rotatable bonds is 8. The molecule has 18 heavy (non-hydrogen) atoms. The molecule has 0 heterocycles. The zero-order valence-corrected chi connectivity index (χ0v) is 11.5. The topological polar surface area (TPSA) is 54.4 Å². The summed E-state index contributed by atoms with van der Waals surface area (Å²) in [6.45, 7) is 2.18. The Bertz CT molecular complexity index is 285. The molecule has 0 radical (unpaired) electrons. The van der Waals surface area contributed by atoms with Crippen LogP contribution >= 0.6 is 0 Å². The van der Waals surface area contributed by atoms with Crippen LogP contribution in [0.15, 0.2) is 0 Å². The Kier molecular flexibility index (Phi) is 6.37. The van der Waals surface area contributed by atoms with E-state index in [1.807, 2.05) is 0 Å². The molecule has 3 nitrogen and oxygen atoms in total. The third-order valence-corrected chi connectivity index (χ3v) is 4.16.